The van der Waals surface area contributed by atoms with Crippen molar-refractivity contribution in [2.75, 3.05) is 25.0 Å². The van der Waals surface area contributed by atoms with Gasteiger partial charge in [0.05, 0.1) is 12.8 Å². The van der Waals surface area contributed by atoms with Gasteiger partial charge in [-0.3, -0.25) is 0 Å². The van der Waals surface area contributed by atoms with Gasteiger partial charge >= 0.3 is 0 Å². The lowest BCUT2D eigenvalue weighted by Crippen LogP contribution is -2.23. The summed E-state index contributed by atoms with van der Waals surface area (Å²) in [6.45, 7) is 4.93. The number of hydrogen-bond acceptors (Lipinski definition) is 3. The molecule has 0 spiro atoms. The molecule has 0 aliphatic rings. The minimum absolute atomic E-state index is 0.813. The average molecular weight is 258 g/mol. The average Bonchev–Trinajstić information content (AvgIpc) is 2.85. The van der Waals surface area contributed by atoms with Gasteiger partial charge in [0.1, 0.15) is 5.76 Å². The van der Waals surface area contributed by atoms with E-state index in [1.807, 2.05) is 12.1 Å². The third kappa shape index (κ3) is 4.14. The van der Waals surface area contributed by atoms with Crippen molar-refractivity contribution < 1.29 is 4.42 Å². The van der Waals surface area contributed by atoms with Crippen molar-refractivity contribution >= 4 is 5.69 Å². The zero-order valence-corrected chi connectivity index (χ0v) is 11.7. The van der Waals surface area contributed by atoms with Crippen LogP contribution in [0.2, 0.25) is 0 Å². The predicted octanol–water partition coefficient (Wildman–Crippen LogP) is 3.20. The molecule has 0 unspecified atom stereocenters. The molecule has 2 rings (SSSR count). The molecule has 0 aliphatic carbocycles. The van der Waals surface area contributed by atoms with Crippen molar-refractivity contribution in [2.45, 2.75) is 19.9 Å². The Morgan fingerprint density at radius 2 is 1.95 bits per heavy atom. The second-order valence-electron chi connectivity index (χ2n) is 4.81. The lowest BCUT2D eigenvalue weighted by Gasteiger charge is -2.19. The van der Waals surface area contributed by atoms with E-state index in [1.54, 1.807) is 6.26 Å². The van der Waals surface area contributed by atoms with Gasteiger partial charge in [0.2, 0.25) is 0 Å². The van der Waals surface area contributed by atoms with E-state index in [1.165, 1.54) is 11.3 Å². The Bertz CT molecular complexity index is 479. The maximum Gasteiger partial charge on any atom is 0.120 e. The molecular formula is C16H22N2O. The van der Waals surface area contributed by atoms with Gasteiger partial charge in [-0.05, 0) is 43.7 Å². The van der Waals surface area contributed by atoms with Gasteiger partial charge in [-0.25, -0.2) is 0 Å². The molecule has 2 aromatic rings. The molecule has 1 heterocycles. The summed E-state index contributed by atoms with van der Waals surface area (Å²) in [5.74, 6) is 1.04. The Morgan fingerprint density at radius 1 is 1.16 bits per heavy atom. The molecule has 0 bridgehead atoms. The first-order valence-corrected chi connectivity index (χ1v) is 6.77. The Kier molecular flexibility index (Phi) is 5.04. The molecule has 19 heavy (non-hydrogen) atoms. The van der Waals surface area contributed by atoms with Gasteiger partial charge < -0.3 is 14.6 Å². The van der Waals surface area contributed by atoms with Gasteiger partial charge in [0.15, 0.2) is 0 Å². The summed E-state index contributed by atoms with van der Waals surface area (Å²) in [4.78, 5) is 2.28. The highest BCUT2D eigenvalue weighted by Crippen LogP contribution is 2.11. The quantitative estimate of drug-likeness (QED) is 0.773. The molecular weight excluding hydrogens is 236 g/mol. The van der Waals surface area contributed by atoms with E-state index in [0.29, 0.717) is 0 Å². The van der Waals surface area contributed by atoms with Crippen LogP contribution in [0.25, 0.3) is 0 Å². The maximum atomic E-state index is 5.39. The van der Waals surface area contributed by atoms with Gasteiger partial charge in [0.25, 0.3) is 0 Å². The fourth-order valence-corrected chi connectivity index (χ4v) is 2.04. The fraction of sp³-hybridized carbons (Fsp3) is 0.375. The Morgan fingerprint density at radius 3 is 2.63 bits per heavy atom. The number of nitrogens with one attached hydrogen (secondary N) is 1. The summed E-state index contributed by atoms with van der Waals surface area (Å²) in [6.07, 6.45) is 2.86. The summed E-state index contributed by atoms with van der Waals surface area (Å²) in [5.41, 5.74) is 2.48. The normalized spacial score (nSPS) is 10.6. The fourth-order valence-electron chi connectivity index (χ4n) is 2.04. The van der Waals surface area contributed by atoms with E-state index in [-0.39, 0.29) is 0 Å². The second kappa shape index (κ2) is 7.00. The van der Waals surface area contributed by atoms with Crippen LogP contribution in [-0.2, 0) is 6.54 Å². The standard InChI is InChI=1S/C16H22N2O/c1-14-9-12-19-16(14)13-17-10-6-11-18(2)15-7-4-3-5-8-15/h3-5,7-9,12,17H,6,10-11,13H2,1-2H3. The number of furan rings is 1. The molecule has 102 valence electrons. The number of aryl methyl sites for hydroxylation is 1. The van der Waals surface area contributed by atoms with Crippen molar-refractivity contribution in [1.82, 2.24) is 5.32 Å². The Hall–Kier alpha value is -1.74. The molecule has 0 saturated heterocycles. The zero-order valence-electron chi connectivity index (χ0n) is 11.7. The minimum Gasteiger partial charge on any atom is -0.468 e. The predicted molar refractivity (Wildman–Crippen MR) is 79.5 cm³/mol. The first kappa shape index (κ1) is 13.7. The van der Waals surface area contributed by atoms with Crippen LogP contribution >= 0.6 is 0 Å². The number of benzene rings is 1. The maximum absolute atomic E-state index is 5.39. The van der Waals surface area contributed by atoms with E-state index in [0.717, 1.165) is 31.8 Å². The van der Waals surface area contributed by atoms with Crippen LogP contribution < -0.4 is 10.2 Å². The van der Waals surface area contributed by atoms with Crippen LogP contribution in [-0.4, -0.2) is 20.1 Å². The van der Waals surface area contributed by atoms with E-state index in [2.05, 4.69) is 48.5 Å². The molecule has 0 saturated carbocycles. The lowest BCUT2D eigenvalue weighted by molar-refractivity contribution is 0.478. The largest absolute Gasteiger partial charge is 0.468 e. The lowest BCUT2D eigenvalue weighted by atomic mass is 10.2. The van der Waals surface area contributed by atoms with Crippen molar-refractivity contribution in [2.24, 2.45) is 0 Å². The molecule has 1 aromatic carbocycles. The molecule has 3 nitrogen and oxygen atoms in total. The van der Waals surface area contributed by atoms with Crippen LogP contribution in [0.4, 0.5) is 5.69 Å². The molecule has 3 heteroatoms. The molecule has 0 fully saturated rings. The molecule has 0 atom stereocenters. The second-order valence-corrected chi connectivity index (χ2v) is 4.81. The van der Waals surface area contributed by atoms with E-state index < -0.39 is 0 Å². The third-order valence-electron chi connectivity index (χ3n) is 3.30. The SMILES string of the molecule is Cc1ccoc1CNCCCN(C)c1ccccc1. The van der Waals surface area contributed by atoms with Crippen molar-refractivity contribution in [3.05, 3.63) is 54.0 Å². The van der Waals surface area contributed by atoms with Crippen LogP contribution in [0.3, 0.4) is 0 Å². The van der Waals surface area contributed by atoms with Crippen LogP contribution in [0.15, 0.2) is 47.1 Å². The summed E-state index contributed by atoms with van der Waals surface area (Å²) in [6, 6.07) is 12.5. The summed E-state index contributed by atoms with van der Waals surface area (Å²) in [5, 5.41) is 3.42. The van der Waals surface area contributed by atoms with E-state index >= 15 is 0 Å². The molecule has 0 radical (unpaired) electrons. The van der Waals surface area contributed by atoms with E-state index in [9.17, 15) is 0 Å². The third-order valence-corrected chi connectivity index (χ3v) is 3.30. The smallest absolute Gasteiger partial charge is 0.120 e. The topological polar surface area (TPSA) is 28.4 Å². The van der Waals surface area contributed by atoms with Gasteiger partial charge in [0, 0.05) is 19.3 Å². The van der Waals surface area contributed by atoms with Crippen LogP contribution in [0.1, 0.15) is 17.7 Å². The Labute approximate surface area is 115 Å². The first-order valence-electron chi connectivity index (χ1n) is 6.77. The number of para-hydroxylation sites is 1. The first-order chi connectivity index (χ1) is 9.27. The number of hydrogen-bond donors (Lipinski definition) is 1. The molecule has 1 aromatic heterocycles. The molecule has 0 amide bonds. The van der Waals surface area contributed by atoms with Gasteiger partial charge in [-0.2, -0.15) is 0 Å². The van der Waals surface area contributed by atoms with Crippen molar-refractivity contribution in [1.29, 1.82) is 0 Å². The van der Waals surface area contributed by atoms with Gasteiger partial charge in [-0.1, -0.05) is 18.2 Å². The Balaban J connectivity index is 1.63. The van der Waals surface area contributed by atoms with Crippen molar-refractivity contribution in [3.8, 4) is 0 Å². The molecule has 0 aliphatic heterocycles. The summed E-state index contributed by atoms with van der Waals surface area (Å²) < 4.78 is 5.39. The highest BCUT2D eigenvalue weighted by molar-refractivity contribution is 5.44. The van der Waals surface area contributed by atoms with E-state index in [4.69, 9.17) is 4.42 Å². The van der Waals surface area contributed by atoms with Crippen LogP contribution in [0.5, 0.6) is 0 Å². The zero-order chi connectivity index (χ0) is 13.5. The van der Waals surface area contributed by atoms with Crippen molar-refractivity contribution in [3.63, 3.8) is 0 Å². The summed E-state index contributed by atoms with van der Waals surface area (Å²) >= 11 is 0. The van der Waals surface area contributed by atoms with Gasteiger partial charge in [-0.15, -0.1) is 0 Å². The number of rotatable bonds is 7. The number of nitrogens with zero attached hydrogens (tertiary/aromatic N) is 1. The monoisotopic (exact) mass is 258 g/mol. The summed E-state index contributed by atoms with van der Waals surface area (Å²) in [7, 11) is 2.13. The molecule has 1 N–H and O–H groups in total. The minimum atomic E-state index is 0.813. The number of anilines is 1. The van der Waals surface area contributed by atoms with Crippen LogP contribution in [0, 0.1) is 6.92 Å². The highest BCUT2D eigenvalue weighted by Gasteiger charge is 2.01. The highest BCUT2D eigenvalue weighted by atomic mass is 16.3.